The van der Waals surface area contributed by atoms with Crippen LogP contribution in [0.5, 0.6) is 11.5 Å². The molecular weight excluding hydrogens is 455 g/mol. The molecule has 0 unspecified atom stereocenters. The highest BCUT2D eigenvalue weighted by molar-refractivity contribution is 6.46. The second kappa shape index (κ2) is 10.9. The zero-order chi connectivity index (χ0) is 24.9. The summed E-state index contributed by atoms with van der Waals surface area (Å²) in [5.41, 5.74) is 0.258. The topological polar surface area (TPSA) is 88.5 Å². The number of Topliss-reactive ketones (excluding diaryl/α,β-unsaturated/α-hetero) is 1. The molecule has 0 spiro atoms. The molecule has 8 nitrogen and oxygen atoms in total. The van der Waals surface area contributed by atoms with Gasteiger partial charge in [-0.25, -0.2) is 4.39 Å². The van der Waals surface area contributed by atoms with E-state index in [-0.39, 0.29) is 23.2 Å². The number of likely N-dealkylation sites (tertiary alicyclic amines) is 1. The largest absolute Gasteiger partial charge is 0.507 e. The van der Waals surface area contributed by atoms with Crippen molar-refractivity contribution in [3.05, 3.63) is 65.0 Å². The lowest BCUT2D eigenvalue weighted by molar-refractivity contribution is -0.140. The number of hydrogen-bond acceptors (Lipinski definition) is 7. The summed E-state index contributed by atoms with van der Waals surface area (Å²) < 4.78 is 30.8. The van der Waals surface area contributed by atoms with Crippen molar-refractivity contribution in [2.24, 2.45) is 0 Å². The van der Waals surface area contributed by atoms with Crippen LogP contribution in [0.1, 0.15) is 23.6 Å². The Labute approximate surface area is 203 Å². The maximum Gasteiger partial charge on any atom is 0.295 e. The first-order valence-corrected chi connectivity index (χ1v) is 11.5. The van der Waals surface area contributed by atoms with Gasteiger partial charge in [-0.1, -0.05) is 18.2 Å². The fraction of sp³-hybridized carbons (Fsp3) is 0.385. The zero-order valence-corrected chi connectivity index (χ0v) is 19.8. The van der Waals surface area contributed by atoms with Crippen LogP contribution in [0.15, 0.2) is 48.0 Å². The average molecular weight is 485 g/mol. The molecule has 1 N–H and O–H groups in total. The van der Waals surface area contributed by atoms with Gasteiger partial charge in [-0.15, -0.1) is 0 Å². The first-order chi connectivity index (χ1) is 17.0. The van der Waals surface area contributed by atoms with Crippen LogP contribution in [0.2, 0.25) is 0 Å². The normalized spacial score (nSPS) is 20.3. The van der Waals surface area contributed by atoms with Gasteiger partial charge in [-0.05, 0) is 30.7 Å². The Balaban J connectivity index is 1.71. The molecule has 2 aromatic rings. The number of halogens is 1. The minimum absolute atomic E-state index is 0.153. The van der Waals surface area contributed by atoms with Crippen LogP contribution in [-0.2, 0) is 14.3 Å². The van der Waals surface area contributed by atoms with Crippen LogP contribution in [0.4, 0.5) is 4.39 Å². The fourth-order valence-electron chi connectivity index (χ4n) is 4.56. The minimum Gasteiger partial charge on any atom is -0.507 e. The number of morpholine rings is 1. The number of ketones is 1. The van der Waals surface area contributed by atoms with E-state index < -0.39 is 29.3 Å². The summed E-state index contributed by atoms with van der Waals surface area (Å²) in [5.74, 6) is -1.78. The van der Waals surface area contributed by atoms with Crippen LogP contribution in [0.25, 0.3) is 5.76 Å². The molecule has 186 valence electrons. The second-order valence-electron chi connectivity index (χ2n) is 8.39. The van der Waals surface area contributed by atoms with Crippen LogP contribution in [0, 0.1) is 5.82 Å². The van der Waals surface area contributed by atoms with Crippen molar-refractivity contribution in [2.75, 3.05) is 53.6 Å². The molecule has 2 saturated heterocycles. The number of carbonyl (C=O) groups excluding carboxylic acids is 2. The third-order valence-corrected chi connectivity index (χ3v) is 6.37. The van der Waals surface area contributed by atoms with Gasteiger partial charge in [0.2, 0.25) is 0 Å². The first kappa shape index (κ1) is 24.7. The number of nitrogens with zero attached hydrogens (tertiary/aromatic N) is 2. The van der Waals surface area contributed by atoms with E-state index in [0.29, 0.717) is 37.7 Å². The Morgan fingerprint density at radius 1 is 1.06 bits per heavy atom. The Hall–Kier alpha value is -3.43. The highest BCUT2D eigenvalue weighted by atomic mass is 19.1. The van der Waals surface area contributed by atoms with Crippen LogP contribution in [-0.4, -0.2) is 80.2 Å². The fourth-order valence-corrected chi connectivity index (χ4v) is 4.56. The molecule has 9 heteroatoms. The molecule has 1 atom stereocenters. The Bertz CT molecular complexity index is 1130. The maximum atomic E-state index is 14.9. The number of ether oxygens (including phenoxy) is 3. The summed E-state index contributed by atoms with van der Waals surface area (Å²) in [7, 11) is 2.94. The standard InChI is InChI=1S/C26H29FN2O6/c1-33-20-9-8-17(16-21(20)34-2)24(30)22-23(18-6-3-4-7-19(18)27)29(26(32)25(22)31)11-5-10-28-12-14-35-15-13-28/h3-4,6-9,16,23,30H,5,10-15H2,1-2H3/t23-/m0/s1. The van der Waals surface area contributed by atoms with Gasteiger partial charge in [0, 0.05) is 37.3 Å². The first-order valence-electron chi connectivity index (χ1n) is 11.5. The molecule has 2 fully saturated rings. The SMILES string of the molecule is COc1ccc(C(O)=C2C(=O)C(=O)N(CCCN3CCOCC3)[C@H]2c2ccccc2F)cc1OC. The van der Waals surface area contributed by atoms with Crippen molar-refractivity contribution < 1.29 is 33.3 Å². The maximum absolute atomic E-state index is 14.9. The quantitative estimate of drug-likeness (QED) is 0.350. The number of benzene rings is 2. The lowest BCUT2D eigenvalue weighted by Crippen LogP contribution is -2.39. The smallest absolute Gasteiger partial charge is 0.295 e. The van der Waals surface area contributed by atoms with Gasteiger partial charge < -0.3 is 24.2 Å². The molecule has 0 aromatic heterocycles. The number of aliphatic hydroxyl groups is 1. The summed E-state index contributed by atoms with van der Waals surface area (Å²) in [6.45, 7) is 3.87. The van der Waals surface area contributed by atoms with Crippen molar-refractivity contribution in [2.45, 2.75) is 12.5 Å². The van der Waals surface area contributed by atoms with E-state index in [2.05, 4.69) is 4.90 Å². The summed E-state index contributed by atoms with van der Waals surface area (Å²) in [6, 6.07) is 9.60. The Morgan fingerprint density at radius 2 is 1.77 bits per heavy atom. The van der Waals surface area contributed by atoms with Crippen molar-refractivity contribution in [1.29, 1.82) is 0 Å². The van der Waals surface area contributed by atoms with E-state index in [9.17, 15) is 19.1 Å². The summed E-state index contributed by atoms with van der Waals surface area (Å²) in [4.78, 5) is 29.8. The predicted octanol–water partition coefficient (Wildman–Crippen LogP) is 2.99. The summed E-state index contributed by atoms with van der Waals surface area (Å²) in [5, 5.41) is 11.2. The molecule has 2 aliphatic rings. The van der Waals surface area contributed by atoms with Gasteiger partial charge in [0.15, 0.2) is 11.5 Å². The van der Waals surface area contributed by atoms with Gasteiger partial charge in [0.05, 0.1) is 39.0 Å². The lowest BCUT2D eigenvalue weighted by Gasteiger charge is -2.29. The number of hydrogen-bond donors (Lipinski definition) is 1. The average Bonchev–Trinajstić information content (AvgIpc) is 3.13. The summed E-state index contributed by atoms with van der Waals surface area (Å²) in [6.07, 6.45) is 0.592. The van der Waals surface area contributed by atoms with Crippen molar-refractivity contribution >= 4 is 17.4 Å². The molecular formula is C26H29FN2O6. The summed E-state index contributed by atoms with van der Waals surface area (Å²) >= 11 is 0. The lowest BCUT2D eigenvalue weighted by atomic mass is 9.94. The zero-order valence-electron chi connectivity index (χ0n) is 19.8. The third kappa shape index (κ3) is 5.01. The molecule has 0 bridgehead atoms. The molecule has 2 heterocycles. The van der Waals surface area contributed by atoms with Gasteiger partial charge in [0.1, 0.15) is 11.6 Å². The second-order valence-corrected chi connectivity index (χ2v) is 8.39. The van der Waals surface area contributed by atoms with Crippen LogP contribution >= 0.6 is 0 Å². The van der Waals surface area contributed by atoms with Gasteiger partial charge >= 0.3 is 0 Å². The Kier molecular flexibility index (Phi) is 7.67. The molecule has 0 saturated carbocycles. The van der Waals surface area contributed by atoms with E-state index in [1.165, 1.54) is 43.4 Å². The van der Waals surface area contributed by atoms with Crippen LogP contribution < -0.4 is 9.47 Å². The van der Waals surface area contributed by atoms with E-state index in [4.69, 9.17) is 14.2 Å². The number of amides is 1. The molecule has 0 radical (unpaired) electrons. The van der Waals surface area contributed by atoms with Crippen molar-refractivity contribution in [3.63, 3.8) is 0 Å². The van der Waals surface area contributed by atoms with E-state index >= 15 is 0 Å². The van der Waals surface area contributed by atoms with E-state index in [1.807, 2.05) is 0 Å². The monoisotopic (exact) mass is 484 g/mol. The van der Waals surface area contributed by atoms with Gasteiger partial charge in [-0.3, -0.25) is 14.5 Å². The van der Waals surface area contributed by atoms with Crippen molar-refractivity contribution in [1.82, 2.24) is 9.80 Å². The minimum atomic E-state index is -1.05. The molecule has 0 aliphatic carbocycles. The molecule has 2 aliphatic heterocycles. The van der Waals surface area contributed by atoms with Gasteiger partial charge in [0.25, 0.3) is 11.7 Å². The number of aliphatic hydroxyl groups excluding tert-OH is 1. The molecule has 1 amide bonds. The number of methoxy groups -OCH3 is 2. The number of rotatable bonds is 8. The van der Waals surface area contributed by atoms with Gasteiger partial charge in [-0.2, -0.15) is 0 Å². The highest BCUT2D eigenvalue weighted by Crippen LogP contribution is 2.41. The van der Waals surface area contributed by atoms with Crippen molar-refractivity contribution in [3.8, 4) is 11.5 Å². The molecule has 4 rings (SSSR count). The van der Waals surface area contributed by atoms with E-state index in [0.717, 1.165) is 13.1 Å². The predicted molar refractivity (Wildman–Crippen MR) is 127 cm³/mol. The van der Waals surface area contributed by atoms with E-state index in [1.54, 1.807) is 18.2 Å². The highest BCUT2D eigenvalue weighted by Gasteiger charge is 2.46. The number of carbonyl (C=O) groups is 2. The van der Waals surface area contributed by atoms with Crippen LogP contribution in [0.3, 0.4) is 0 Å². The molecule has 35 heavy (non-hydrogen) atoms. The molecule has 2 aromatic carbocycles. The third-order valence-electron chi connectivity index (χ3n) is 6.37. The Morgan fingerprint density at radius 3 is 2.46 bits per heavy atom.